The van der Waals surface area contributed by atoms with Crippen molar-refractivity contribution in [2.75, 3.05) is 36.4 Å². The summed E-state index contributed by atoms with van der Waals surface area (Å²) < 4.78 is 10.7. The molecule has 1 aliphatic rings. The molecule has 7 nitrogen and oxygen atoms in total. The third kappa shape index (κ3) is 3.80. The van der Waals surface area contributed by atoms with Crippen molar-refractivity contribution in [2.45, 2.75) is 0 Å². The molecule has 2 N–H and O–H groups in total. The Morgan fingerprint density at radius 1 is 1.07 bits per heavy atom. The zero-order valence-electron chi connectivity index (χ0n) is 14.9. The second kappa shape index (κ2) is 7.16. The lowest BCUT2D eigenvalue weighted by molar-refractivity contribution is 0.102. The molecule has 0 radical (unpaired) electrons. The van der Waals surface area contributed by atoms with Crippen LogP contribution >= 0.6 is 11.3 Å². The van der Waals surface area contributed by atoms with Crippen LogP contribution in [0.1, 0.15) is 10.5 Å². The Kier molecular flexibility index (Phi) is 4.55. The van der Waals surface area contributed by atoms with Gasteiger partial charge in [-0.05, 0) is 36.4 Å². The number of rotatable bonds is 5. The molecule has 8 heteroatoms. The largest absolute Gasteiger partial charge is 0.454 e. The van der Waals surface area contributed by atoms with Crippen LogP contribution in [-0.2, 0) is 0 Å². The fourth-order valence-corrected chi connectivity index (χ4v) is 3.28. The number of hydrogen-bond acceptors (Lipinski definition) is 7. The number of fused-ring (bicyclic) bond motifs is 1. The molecule has 2 heterocycles. The molecule has 0 unspecified atom stereocenters. The van der Waals surface area contributed by atoms with Crippen LogP contribution in [0.15, 0.2) is 47.8 Å². The molecule has 138 valence electrons. The van der Waals surface area contributed by atoms with Gasteiger partial charge in [0, 0.05) is 42.6 Å². The zero-order valence-corrected chi connectivity index (χ0v) is 15.7. The number of amides is 1. The van der Waals surface area contributed by atoms with E-state index in [9.17, 15) is 4.79 Å². The summed E-state index contributed by atoms with van der Waals surface area (Å²) in [4.78, 5) is 18.8. The number of ether oxygens (including phenoxy) is 2. The SMILES string of the molecule is CN(C)c1ccc(NC(=O)c2csc(Nc3ccc4c(c3)OCO4)n2)cc1. The van der Waals surface area contributed by atoms with Gasteiger partial charge in [0.05, 0.1) is 0 Å². The predicted octanol–water partition coefficient (Wildman–Crippen LogP) is 3.93. The Bertz CT molecular complexity index is 969. The zero-order chi connectivity index (χ0) is 18.8. The lowest BCUT2D eigenvalue weighted by Crippen LogP contribution is -2.13. The Hall–Kier alpha value is -3.26. The summed E-state index contributed by atoms with van der Waals surface area (Å²) in [5.41, 5.74) is 2.97. The van der Waals surface area contributed by atoms with E-state index in [4.69, 9.17) is 9.47 Å². The topological polar surface area (TPSA) is 75.7 Å². The molecule has 1 aromatic heterocycles. The lowest BCUT2D eigenvalue weighted by Gasteiger charge is -2.12. The quantitative estimate of drug-likeness (QED) is 0.696. The van der Waals surface area contributed by atoms with Gasteiger partial charge in [-0.3, -0.25) is 4.79 Å². The molecule has 2 aromatic carbocycles. The number of benzene rings is 2. The molecule has 3 aromatic rings. The third-order valence-corrected chi connectivity index (χ3v) is 4.76. The lowest BCUT2D eigenvalue weighted by atomic mass is 10.2. The Labute approximate surface area is 160 Å². The molecule has 0 spiro atoms. The number of nitrogens with zero attached hydrogens (tertiary/aromatic N) is 2. The van der Waals surface area contributed by atoms with E-state index in [1.807, 2.05) is 61.5 Å². The highest BCUT2D eigenvalue weighted by atomic mass is 32.1. The average molecular weight is 382 g/mol. The second-order valence-electron chi connectivity index (χ2n) is 6.13. The molecular formula is C19H18N4O3S. The van der Waals surface area contributed by atoms with Crippen molar-refractivity contribution < 1.29 is 14.3 Å². The van der Waals surface area contributed by atoms with E-state index in [-0.39, 0.29) is 12.7 Å². The molecule has 1 aliphatic heterocycles. The van der Waals surface area contributed by atoms with Crippen LogP contribution in [0, 0.1) is 0 Å². The van der Waals surface area contributed by atoms with Gasteiger partial charge in [-0.25, -0.2) is 4.98 Å². The van der Waals surface area contributed by atoms with Gasteiger partial charge < -0.3 is 25.0 Å². The molecule has 0 saturated carbocycles. The van der Waals surface area contributed by atoms with Crippen LogP contribution in [0.2, 0.25) is 0 Å². The first-order valence-corrected chi connectivity index (χ1v) is 9.17. The van der Waals surface area contributed by atoms with E-state index in [0.29, 0.717) is 16.6 Å². The van der Waals surface area contributed by atoms with Crippen LogP contribution in [-0.4, -0.2) is 31.8 Å². The summed E-state index contributed by atoms with van der Waals surface area (Å²) in [5, 5.41) is 8.38. The van der Waals surface area contributed by atoms with Gasteiger partial charge in [-0.1, -0.05) is 0 Å². The monoisotopic (exact) mass is 382 g/mol. The van der Waals surface area contributed by atoms with E-state index in [1.165, 1.54) is 11.3 Å². The fraction of sp³-hybridized carbons (Fsp3) is 0.158. The maximum atomic E-state index is 12.4. The van der Waals surface area contributed by atoms with Gasteiger partial charge in [-0.2, -0.15) is 0 Å². The first kappa shape index (κ1) is 17.2. The fourth-order valence-electron chi connectivity index (χ4n) is 2.57. The summed E-state index contributed by atoms with van der Waals surface area (Å²) in [7, 11) is 3.94. The molecule has 4 rings (SSSR count). The van der Waals surface area contributed by atoms with Crippen molar-refractivity contribution in [1.82, 2.24) is 4.98 Å². The summed E-state index contributed by atoms with van der Waals surface area (Å²) >= 11 is 1.36. The maximum Gasteiger partial charge on any atom is 0.275 e. The minimum Gasteiger partial charge on any atom is -0.454 e. The highest BCUT2D eigenvalue weighted by Crippen LogP contribution is 2.35. The minimum absolute atomic E-state index is 0.232. The molecular weight excluding hydrogens is 364 g/mol. The molecule has 0 aliphatic carbocycles. The van der Waals surface area contributed by atoms with Gasteiger partial charge in [0.15, 0.2) is 16.6 Å². The van der Waals surface area contributed by atoms with Crippen LogP contribution in [0.4, 0.5) is 22.2 Å². The first-order chi connectivity index (χ1) is 13.1. The van der Waals surface area contributed by atoms with E-state index in [2.05, 4.69) is 15.6 Å². The predicted molar refractivity (Wildman–Crippen MR) is 107 cm³/mol. The van der Waals surface area contributed by atoms with Crippen molar-refractivity contribution >= 4 is 39.4 Å². The van der Waals surface area contributed by atoms with Gasteiger partial charge in [0.2, 0.25) is 6.79 Å². The highest BCUT2D eigenvalue weighted by Gasteiger charge is 2.15. The van der Waals surface area contributed by atoms with Gasteiger partial charge >= 0.3 is 0 Å². The molecule has 0 saturated heterocycles. The Balaban J connectivity index is 1.41. The van der Waals surface area contributed by atoms with Gasteiger partial charge in [0.25, 0.3) is 5.91 Å². The minimum atomic E-state index is -0.248. The van der Waals surface area contributed by atoms with E-state index in [0.717, 1.165) is 22.8 Å². The average Bonchev–Trinajstić information content (AvgIpc) is 3.31. The Morgan fingerprint density at radius 2 is 1.81 bits per heavy atom. The highest BCUT2D eigenvalue weighted by molar-refractivity contribution is 7.14. The Morgan fingerprint density at radius 3 is 2.59 bits per heavy atom. The van der Waals surface area contributed by atoms with Crippen molar-refractivity contribution in [2.24, 2.45) is 0 Å². The van der Waals surface area contributed by atoms with E-state index < -0.39 is 0 Å². The van der Waals surface area contributed by atoms with E-state index in [1.54, 1.807) is 5.38 Å². The molecule has 27 heavy (non-hydrogen) atoms. The third-order valence-electron chi connectivity index (χ3n) is 4.00. The normalized spacial score (nSPS) is 11.9. The second-order valence-corrected chi connectivity index (χ2v) is 6.98. The standard InChI is InChI=1S/C19H18N4O3S/c1-23(2)14-6-3-12(4-7-14)20-18(24)15-10-27-19(22-15)21-13-5-8-16-17(9-13)26-11-25-16/h3-10H,11H2,1-2H3,(H,20,24)(H,21,22). The molecule has 0 atom stereocenters. The molecule has 0 fully saturated rings. The van der Waals surface area contributed by atoms with Crippen molar-refractivity contribution in [3.05, 3.63) is 53.5 Å². The number of aromatic nitrogens is 1. The summed E-state index contributed by atoms with van der Waals surface area (Å²) in [6.45, 7) is 0.232. The molecule has 1 amide bonds. The maximum absolute atomic E-state index is 12.4. The summed E-state index contributed by atoms with van der Waals surface area (Å²) in [5.74, 6) is 1.17. The number of thiazole rings is 1. The smallest absolute Gasteiger partial charge is 0.275 e. The molecule has 0 bridgehead atoms. The van der Waals surface area contributed by atoms with E-state index >= 15 is 0 Å². The van der Waals surface area contributed by atoms with Crippen molar-refractivity contribution in [1.29, 1.82) is 0 Å². The number of nitrogens with one attached hydrogen (secondary N) is 2. The summed E-state index contributed by atoms with van der Waals surface area (Å²) in [6, 6.07) is 13.2. The first-order valence-electron chi connectivity index (χ1n) is 8.29. The van der Waals surface area contributed by atoms with Gasteiger partial charge in [0.1, 0.15) is 5.69 Å². The van der Waals surface area contributed by atoms with Crippen LogP contribution < -0.4 is 25.0 Å². The van der Waals surface area contributed by atoms with Gasteiger partial charge in [-0.15, -0.1) is 11.3 Å². The summed E-state index contributed by atoms with van der Waals surface area (Å²) in [6.07, 6.45) is 0. The van der Waals surface area contributed by atoms with Crippen LogP contribution in [0.3, 0.4) is 0 Å². The number of carbonyl (C=O) groups is 1. The number of anilines is 4. The van der Waals surface area contributed by atoms with Crippen molar-refractivity contribution in [3.63, 3.8) is 0 Å². The number of hydrogen-bond donors (Lipinski definition) is 2. The van der Waals surface area contributed by atoms with Crippen LogP contribution in [0.25, 0.3) is 0 Å². The number of carbonyl (C=O) groups excluding carboxylic acids is 1. The van der Waals surface area contributed by atoms with Crippen molar-refractivity contribution in [3.8, 4) is 11.5 Å². The van der Waals surface area contributed by atoms with Crippen LogP contribution in [0.5, 0.6) is 11.5 Å².